The van der Waals surface area contributed by atoms with E-state index < -0.39 is 6.36 Å². The number of benzene rings is 1. The Morgan fingerprint density at radius 1 is 1.07 bits per heavy atom. The highest BCUT2D eigenvalue weighted by Gasteiger charge is 2.31. The van der Waals surface area contributed by atoms with Gasteiger partial charge in [0.1, 0.15) is 11.6 Å². The minimum Gasteiger partial charge on any atom is -0.406 e. The Morgan fingerprint density at radius 2 is 1.83 bits per heavy atom. The van der Waals surface area contributed by atoms with Crippen molar-refractivity contribution >= 4 is 0 Å². The van der Waals surface area contributed by atoms with Crippen LogP contribution in [0.2, 0.25) is 0 Å². The molecular formula is C20H16F3N5O2. The lowest BCUT2D eigenvalue weighted by Crippen LogP contribution is -2.16. The van der Waals surface area contributed by atoms with Crippen molar-refractivity contribution in [2.45, 2.75) is 26.8 Å². The minimum absolute atomic E-state index is 0.312. The monoisotopic (exact) mass is 415 g/mol. The largest absolute Gasteiger partial charge is 0.573 e. The average Bonchev–Trinajstić information content (AvgIpc) is 3.29. The first-order chi connectivity index (χ1) is 14.3. The zero-order valence-electron chi connectivity index (χ0n) is 16.0. The fourth-order valence-corrected chi connectivity index (χ4v) is 2.89. The van der Waals surface area contributed by atoms with Gasteiger partial charge in [-0.3, -0.25) is 4.98 Å². The first kappa shape index (κ1) is 19.6. The number of halogens is 3. The molecule has 0 aliphatic heterocycles. The summed E-state index contributed by atoms with van der Waals surface area (Å²) in [6, 6.07) is 10.8. The topological polar surface area (TPSA) is 78.9 Å². The molecule has 1 aromatic carbocycles. The van der Waals surface area contributed by atoms with Gasteiger partial charge in [0.2, 0.25) is 5.82 Å². The molecule has 0 fully saturated rings. The third-order valence-corrected chi connectivity index (χ3v) is 4.26. The van der Waals surface area contributed by atoms with Crippen molar-refractivity contribution in [3.05, 3.63) is 65.7 Å². The van der Waals surface area contributed by atoms with Gasteiger partial charge in [0.05, 0.1) is 6.54 Å². The van der Waals surface area contributed by atoms with E-state index in [0.717, 1.165) is 11.3 Å². The number of hydrogen-bond donors (Lipinski definition) is 0. The van der Waals surface area contributed by atoms with E-state index in [2.05, 4.69) is 25.0 Å². The Balaban J connectivity index is 1.53. The zero-order chi connectivity index (χ0) is 21.3. The predicted molar refractivity (Wildman–Crippen MR) is 100 cm³/mol. The summed E-state index contributed by atoms with van der Waals surface area (Å²) < 4.78 is 47.8. The molecule has 3 heterocycles. The molecule has 10 heteroatoms. The molecule has 4 rings (SSSR count). The van der Waals surface area contributed by atoms with Crippen molar-refractivity contribution in [1.82, 2.24) is 24.9 Å². The second-order valence-electron chi connectivity index (χ2n) is 6.59. The van der Waals surface area contributed by atoms with Gasteiger partial charge in [-0.05, 0) is 55.8 Å². The maximum absolute atomic E-state index is 12.3. The van der Waals surface area contributed by atoms with Gasteiger partial charge < -0.3 is 9.26 Å². The maximum Gasteiger partial charge on any atom is 0.573 e. The van der Waals surface area contributed by atoms with Crippen molar-refractivity contribution < 1.29 is 22.4 Å². The highest BCUT2D eigenvalue weighted by molar-refractivity contribution is 5.63. The van der Waals surface area contributed by atoms with Gasteiger partial charge in [0.25, 0.3) is 0 Å². The number of alkyl halides is 3. The van der Waals surface area contributed by atoms with Crippen molar-refractivity contribution in [2.24, 2.45) is 0 Å². The molecule has 0 spiro atoms. The van der Waals surface area contributed by atoms with Crippen LogP contribution in [0.3, 0.4) is 0 Å². The Kier molecular flexibility index (Phi) is 4.98. The molecule has 0 bridgehead atoms. The zero-order valence-corrected chi connectivity index (χ0v) is 16.0. The lowest BCUT2D eigenvalue weighted by Gasteiger charge is -2.08. The van der Waals surface area contributed by atoms with Crippen LogP contribution in [-0.4, -0.2) is 31.3 Å². The van der Waals surface area contributed by atoms with E-state index in [0.29, 0.717) is 35.2 Å². The van der Waals surface area contributed by atoms with Crippen LogP contribution in [0.1, 0.15) is 17.1 Å². The van der Waals surface area contributed by atoms with Gasteiger partial charge >= 0.3 is 6.36 Å². The van der Waals surface area contributed by atoms with Crippen LogP contribution in [0.15, 0.2) is 53.2 Å². The van der Waals surface area contributed by atoms with Crippen LogP contribution in [0.4, 0.5) is 13.2 Å². The van der Waals surface area contributed by atoms with Crippen molar-refractivity contribution in [1.29, 1.82) is 0 Å². The van der Waals surface area contributed by atoms with Crippen molar-refractivity contribution in [2.75, 3.05) is 0 Å². The summed E-state index contributed by atoms with van der Waals surface area (Å²) >= 11 is 0. The molecule has 4 aromatic rings. The van der Waals surface area contributed by atoms with Crippen LogP contribution < -0.4 is 4.74 Å². The summed E-state index contributed by atoms with van der Waals surface area (Å²) in [7, 11) is 0. The molecular weight excluding hydrogens is 399 g/mol. The molecule has 154 valence electrons. The van der Waals surface area contributed by atoms with Gasteiger partial charge in [-0.15, -0.1) is 18.3 Å². The van der Waals surface area contributed by atoms with Crippen LogP contribution in [0.25, 0.3) is 22.8 Å². The first-order valence-corrected chi connectivity index (χ1v) is 8.93. The van der Waals surface area contributed by atoms with E-state index in [1.807, 2.05) is 26.0 Å². The number of aryl methyl sites for hydroxylation is 2. The van der Waals surface area contributed by atoms with Gasteiger partial charge in [-0.1, -0.05) is 5.16 Å². The highest BCUT2D eigenvalue weighted by atomic mass is 19.4. The van der Waals surface area contributed by atoms with Gasteiger partial charge in [-0.2, -0.15) is 0 Å². The molecule has 3 aromatic heterocycles. The second kappa shape index (κ2) is 7.62. The molecule has 0 saturated heterocycles. The van der Waals surface area contributed by atoms with Crippen LogP contribution >= 0.6 is 0 Å². The molecule has 0 radical (unpaired) electrons. The quantitative estimate of drug-likeness (QED) is 0.476. The molecule has 30 heavy (non-hydrogen) atoms. The molecule has 0 aliphatic carbocycles. The standard InChI is InChI=1S/C20H16F3N5O2/c1-12-9-14(7-8-24-12)11-28-13(2)25-19(26-28)17-10-18(30-27-17)15-3-5-16(6-4-15)29-20(21,22)23/h3-10H,11H2,1-2H3. The van der Waals surface area contributed by atoms with Crippen molar-refractivity contribution in [3.8, 4) is 28.6 Å². The maximum atomic E-state index is 12.3. The van der Waals surface area contributed by atoms with E-state index in [4.69, 9.17) is 4.52 Å². The Hall–Kier alpha value is -3.69. The van der Waals surface area contributed by atoms with Crippen LogP contribution in [-0.2, 0) is 6.54 Å². The summed E-state index contributed by atoms with van der Waals surface area (Å²) in [5.74, 6) is 1.17. The van der Waals surface area contributed by atoms with E-state index >= 15 is 0 Å². The number of pyridine rings is 1. The van der Waals surface area contributed by atoms with Gasteiger partial charge in [-0.25, -0.2) is 9.67 Å². The summed E-state index contributed by atoms with van der Waals surface area (Å²) in [5.41, 5.74) is 2.93. The number of hydrogen-bond acceptors (Lipinski definition) is 6. The lowest BCUT2D eigenvalue weighted by molar-refractivity contribution is -0.274. The fourth-order valence-electron chi connectivity index (χ4n) is 2.89. The summed E-state index contributed by atoms with van der Waals surface area (Å²) in [6.07, 6.45) is -3.00. The van der Waals surface area contributed by atoms with E-state index in [-0.39, 0.29) is 5.75 Å². The number of aromatic nitrogens is 5. The summed E-state index contributed by atoms with van der Waals surface area (Å²) in [6.45, 7) is 4.29. The van der Waals surface area contributed by atoms with E-state index in [1.165, 1.54) is 24.3 Å². The average molecular weight is 415 g/mol. The predicted octanol–water partition coefficient (Wildman–Crippen LogP) is 4.56. The molecule has 0 saturated carbocycles. The van der Waals surface area contributed by atoms with Crippen LogP contribution in [0.5, 0.6) is 5.75 Å². The molecule has 0 amide bonds. The number of rotatable bonds is 5. The van der Waals surface area contributed by atoms with E-state index in [9.17, 15) is 13.2 Å². The molecule has 0 unspecified atom stereocenters. The summed E-state index contributed by atoms with van der Waals surface area (Å²) in [5, 5.41) is 8.47. The second-order valence-corrected chi connectivity index (χ2v) is 6.59. The summed E-state index contributed by atoms with van der Waals surface area (Å²) in [4.78, 5) is 8.61. The lowest BCUT2D eigenvalue weighted by atomic mass is 10.1. The Labute approximate surface area is 169 Å². The van der Waals surface area contributed by atoms with E-state index in [1.54, 1.807) is 16.9 Å². The van der Waals surface area contributed by atoms with Crippen molar-refractivity contribution in [3.63, 3.8) is 0 Å². The first-order valence-electron chi connectivity index (χ1n) is 8.93. The third kappa shape index (κ3) is 4.48. The highest BCUT2D eigenvalue weighted by Crippen LogP contribution is 2.28. The number of ether oxygens (including phenoxy) is 1. The van der Waals surface area contributed by atoms with Crippen LogP contribution in [0, 0.1) is 13.8 Å². The third-order valence-electron chi connectivity index (χ3n) is 4.26. The Bertz CT molecular complexity index is 1170. The Morgan fingerprint density at radius 3 is 2.53 bits per heavy atom. The van der Waals surface area contributed by atoms with Gasteiger partial charge in [0.15, 0.2) is 11.5 Å². The molecule has 0 aliphatic rings. The van der Waals surface area contributed by atoms with Gasteiger partial charge in [0, 0.05) is 23.5 Å². The molecule has 7 nitrogen and oxygen atoms in total. The SMILES string of the molecule is Cc1cc(Cn2nc(-c3cc(-c4ccc(OC(F)(F)F)cc4)on3)nc2C)ccn1. The molecule has 0 N–H and O–H groups in total. The fraction of sp³-hybridized carbons (Fsp3) is 0.200. The normalized spacial score (nSPS) is 11.6. The minimum atomic E-state index is -4.74. The smallest absolute Gasteiger partial charge is 0.406 e. The number of nitrogens with zero attached hydrogens (tertiary/aromatic N) is 5. The molecule has 0 atom stereocenters.